The first-order valence-electron chi connectivity index (χ1n) is 5.26. The summed E-state index contributed by atoms with van der Waals surface area (Å²) in [5, 5.41) is 2.59. The topological polar surface area (TPSA) is 46.0 Å². The van der Waals surface area contributed by atoms with E-state index in [1.54, 1.807) is 0 Å². The maximum Gasteiger partial charge on any atom is 0.357 e. The Hall–Kier alpha value is -1.77. The van der Waals surface area contributed by atoms with Crippen molar-refractivity contribution >= 4 is 0 Å². The standard InChI is InChI=1S/C13H15NO2/c1-13(2,3)10-6-4-9(5-7-10)11-8-12(15)16-14-11/h4-8,14H,1-3H3. The van der Waals surface area contributed by atoms with E-state index < -0.39 is 0 Å². The van der Waals surface area contributed by atoms with Crippen molar-refractivity contribution in [1.29, 1.82) is 0 Å². The van der Waals surface area contributed by atoms with E-state index in [0.717, 1.165) is 5.56 Å². The van der Waals surface area contributed by atoms with E-state index in [0.29, 0.717) is 5.69 Å². The van der Waals surface area contributed by atoms with Crippen LogP contribution in [-0.4, -0.2) is 5.16 Å². The van der Waals surface area contributed by atoms with Gasteiger partial charge in [0.25, 0.3) is 0 Å². The van der Waals surface area contributed by atoms with Crippen LogP contribution in [0, 0.1) is 0 Å². The van der Waals surface area contributed by atoms with E-state index in [9.17, 15) is 4.79 Å². The summed E-state index contributed by atoms with van der Waals surface area (Å²) in [6.07, 6.45) is 0. The van der Waals surface area contributed by atoms with Gasteiger partial charge in [-0.2, -0.15) is 0 Å². The first-order chi connectivity index (χ1) is 7.47. The van der Waals surface area contributed by atoms with Gasteiger partial charge in [-0.25, -0.2) is 9.95 Å². The van der Waals surface area contributed by atoms with Gasteiger partial charge in [0, 0.05) is 5.56 Å². The van der Waals surface area contributed by atoms with Crippen LogP contribution in [0.2, 0.25) is 0 Å². The van der Waals surface area contributed by atoms with Gasteiger partial charge in [-0.3, -0.25) is 0 Å². The van der Waals surface area contributed by atoms with Crippen LogP contribution in [0.15, 0.2) is 39.6 Å². The second-order valence-corrected chi connectivity index (χ2v) is 4.91. The highest BCUT2D eigenvalue weighted by Crippen LogP contribution is 2.24. The Morgan fingerprint density at radius 1 is 1.12 bits per heavy atom. The van der Waals surface area contributed by atoms with E-state index >= 15 is 0 Å². The molecule has 0 atom stereocenters. The number of hydrogen-bond donors (Lipinski definition) is 1. The largest absolute Gasteiger partial charge is 0.357 e. The number of hydrogen-bond acceptors (Lipinski definition) is 2. The van der Waals surface area contributed by atoms with Gasteiger partial charge in [0.05, 0.1) is 11.8 Å². The zero-order valence-corrected chi connectivity index (χ0v) is 9.70. The van der Waals surface area contributed by atoms with Gasteiger partial charge in [0.15, 0.2) is 0 Å². The maximum absolute atomic E-state index is 10.9. The maximum atomic E-state index is 10.9. The van der Waals surface area contributed by atoms with Crippen molar-refractivity contribution in [3.05, 3.63) is 46.3 Å². The van der Waals surface area contributed by atoms with Crippen LogP contribution in [0.3, 0.4) is 0 Å². The average molecular weight is 217 g/mol. The van der Waals surface area contributed by atoms with Crippen LogP contribution in [-0.2, 0) is 5.41 Å². The fourth-order valence-electron chi connectivity index (χ4n) is 1.57. The summed E-state index contributed by atoms with van der Waals surface area (Å²) in [7, 11) is 0. The smallest absolute Gasteiger partial charge is 0.339 e. The summed E-state index contributed by atoms with van der Waals surface area (Å²) in [4.78, 5) is 10.9. The van der Waals surface area contributed by atoms with E-state index in [2.05, 4.69) is 42.6 Å². The molecule has 3 heteroatoms. The molecule has 0 unspecified atom stereocenters. The minimum atomic E-state index is -0.352. The highest BCUT2D eigenvalue weighted by Gasteiger charge is 2.13. The van der Waals surface area contributed by atoms with Gasteiger partial charge in [-0.1, -0.05) is 45.0 Å². The van der Waals surface area contributed by atoms with Crippen molar-refractivity contribution in [3.8, 4) is 11.3 Å². The lowest BCUT2D eigenvalue weighted by molar-refractivity contribution is 0.394. The number of rotatable bonds is 1. The molecule has 0 bridgehead atoms. The van der Waals surface area contributed by atoms with Crippen LogP contribution < -0.4 is 5.63 Å². The van der Waals surface area contributed by atoms with Crippen LogP contribution in [0.4, 0.5) is 0 Å². The highest BCUT2D eigenvalue weighted by molar-refractivity contribution is 5.58. The first-order valence-corrected chi connectivity index (χ1v) is 5.26. The van der Waals surface area contributed by atoms with Gasteiger partial charge in [-0.15, -0.1) is 0 Å². The molecule has 2 rings (SSSR count). The molecular formula is C13H15NO2. The quantitative estimate of drug-likeness (QED) is 0.798. The summed E-state index contributed by atoms with van der Waals surface area (Å²) < 4.78 is 4.64. The third-order valence-corrected chi connectivity index (χ3v) is 2.59. The second-order valence-electron chi connectivity index (χ2n) is 4.91. The molecule has 0 spiro atoms. The number of benzene rings is 1. The Kier molecular flexibility index (Phi) is 2.46. The average Bonchev–Trinajstić information content (AvgIpc) is 2.64. The third kappa shape index (κ3) is 2.08. The molecule has 0 fully saturated rings. The molecule has 1 N–H and O–H groups in total. The number of nitrogens with one attached hydrogen (secondary N) is 1. The summed E-state index contributed by atoms with van der Waals surface area (Å²) in [6.45, 7) is 6.51. The predicted molar refractivity (Wildman–Crippen MR) is 63.5 cm³/mol. The molecule has 2 aromatic rings. The summed E-state index contributed by atoms with van der Waals surface area (Å²) >= 11 is 0. The SMILES string of the molecule is CC(C)(C)c1ccc(-c2cc(=O)o[nH]2)cc1. The Balaban J connectivity index is 2.36. The van der Waals surface area contributed by atoms with E-state index in [-0.39, 0.29) is 11.0 Å². The van der Waals surface area contributed by atoms with E-state index in [1.807, 2.05) is 12.1 Å². The molecule has 0 aliphatic rings. The minimum absolute atomic E-state index is 0.141. The van der Waals surface area contributed by atoms with Crippen molar-refractivity contribution in [3.63, 3.8) is 0 Å². The Morgan fingerprint density at radius 3 is 2.19 bits per heavy atom. The van der Waals surface area contributed by atoms with Crippen LogP contribution in [0.1, 0.15) is 26.3 Å². The molecule has 0 saturated heterocycles. The van der Waals surface area contributed by atoms with Crippen molar-refractivity contribution in [2.24, 2.45) is 0 Å². The van der Waals surface area contributed by atoms with Gasteiger partial charge >= 0.3 is 5.63 Å². The molecule has 0 saturated carbocycles. The van der Waals surface area contributed by atoms with E-state index in [4.69, 9.17) is 0 Å². The van der Waals surface area contributed by atoms with Crippen LogP contribution >= 0.6 is 0 Å². The molecule has 0 amide bonds. The van der Waals surface area contributed by atoms with Crippen molar-refractivity contribution in [2.75, 3.05) is 0 Å². The van der Waals surface area contributed by atoms with Crippen molar-refractivity contribution < 1.29 is 4.52 Å². The summed E-state index contributed by atoms with van der Waals surface area (Å²) in [6, 6.07) is 9.57. The molecule has 84 valence electrons. The Labute approximate surface area is 94.1 Å². The fourth-order valence-corrected chi connectivity index (χ4v) is 1.57. The monoisotopic (exact) mass is 217 g/mol. The van der Waals surface area contributed by atoms with Gasteiger partial charge < -0.3 is 4.52 Å². The van der Waals surface area contributed by atoms with Crippen LogP contribution in [0.5, 0.6) is 0 Å². The zero-order chi connectivity index (χ0) is 11.8. The van der Waals surface area contributed by atoms with Gasteiger partial charge in [0.2, 0.25) is 0 Å². The summed E-state index contributed by atoms with van der Waals surface area (Å²) in [5.74, 6) is 0. The summed E-state index contributed by atoms with van der Waals surface area (Å²) in [5.41, 5.74) is 2.73. The lowest BCUT2D eigenvalue weighted by Gasteiger charge is -2.18. The normalized spacial score (nSPS) is 11.7. The lowest BCUT2D eigenvalue weighted by atomic mass is 9.86. The minimum Gasteiger partial charge on any atom is -0.339 e. The van der Waals surface area contributed by atoms with Crippen molar-refractivity contribution in [2.45, 2.75) is 26.2 Å². The number of aromatic nitrogens is 1. The molecule has 3 nitrogen and oxygen atoms in total. The number of aromatic amines is 1. The third-order valence-electron chi connectivity index (χ3n) is 2.59. The van der Waals surface area contributed by atoms with Gasteiger partial charge in [0.1, 0.15) is 0 Å². The molecule has 0 aliphatic carbocycles. The fraction of sp³-hybridized carbons (Fsp3) is 0.308. The molecule has 0 aliphatic heterocycles. The molecule has 1 heterocycles. The second kappa shape index (κ2) is 3.67. The highest BCUT2D eigenvalue weighted by atomic mass is 16.5. The van der Waals surface area contributed by atoms with Crippen LogP contribution in [0.25, 0.3) is 11.3 Å². The van der Waals surface area contributed by atoms with E-state index in [1.165, 1.54) is 11.6 Å². The lowest BCUT2D eigenvalue weighted by Crippen LogP contribution is -2.10. The molecule has 1 aromatic heterocycles. The molecule has 16 heavy (non-hydrogen) atoms. The zero-order valence-electron chi connectivity index (χ0n) is 9.70. The molecular weight excluding hydrogens is 202 g/mol. The van der Waals surface area contributed by atoms with Crippen molar-refractivity contribution in [1.82, 2.24) is 5.16 Å². The molecule has 0 radical (unpaired) electrons. The Morgan fingerprint density at radius 2 is 1.75 bits per heavy atom. The number of H-pyrrole nitrogens is 1. The first kappa shape index (κ1) is 10.7. The predicted octanol–water partition coefficient (Wildman–Crippen LogP) is 2.93. The molecule has 1 aromatic carbocycles. The Bertz CT molecular complexity index is 526. The van der Waals surface area contributed by atoms with Gasteiger partial charge in [-0.05, 0) is 11.0 Å².